The van der Waals surface area contributed by atoms with Gasteiger partial charge in [0.15, 0.2) is 0 Å². The van der Waals surface area contributed by atoms with Gasteiger partial charge in [-0.2, -0.15) is 0 Å². The van der Waals surface area contributed by atoms with E-state index in [2.05, 4.69) is 25.7 Å². The van der Waals surface area contributed by atoms with Gasteiger partial charge >= 0.3 is 6.09 Å². The molecule has 6 heteroatoms. The molecule has 28 heavy (non-hydrogen) atoms. The van der Waals surface area contributed by atoms with Gasteiger partial charge in [-0.3, -0.25) is 4.79 Å². The molecule has 0 radical (unpaired) electrons. The summed E-state index contributed by atoms with van der Waals surface area (Å²) >= 11 is 0. The van der Waals surface area contributed by atoms with Crippen molar-refractivity contribution in [1.29, 1.82) is 0 Å². The van der Waals surface area contributed by atoms with Gasteiger partial charge in [0.25, 0.3) is 5.91 Å². The van der Waals surface area contributed by atoms with Crippen molar-refractivity contribution >= 4 is 17.7 Å². The number of carbonyl (C=O) groups is 2. The summed E-state index contributed by atoms with van der Waals surface area (Å²) in [5.41, 5.74) is 1.82. The predicted molar refractivity (Wildman–Crippen MR) is 113 cm³/mol. The molecule has 1 aromatic carbocycles. The van der Waals surface area contributed by atoms with Gasteiger partial charge in [0.1, 0.15) is 0 Å². The molecule has 1 fully saturated rings. The van der Waals surface area contributed by atoms with E-state index in [1.165, 1.54) is 0 Å². The second kappa shape index (κ2) is 10.3. The van der Waals surface area contributed by atoms with Crippen LogP contribution < -0.4 is 4.90 Å². The fraction of sp³-hybridized carbons (Fsp3) is 0.636. The molecule has 2 amide bonds. The molecule has 1 aliphatic rings. The normalized spacial score (nSPS) is 15.0. The van der Waals surface area contributed by atoms with Gasteiger partial charge in [-0.1, -0.05) is 13.8 Å². The molecule has 0 aromatic heterocycles. The lowest BCUT2D eigenvalue weighted by molar-refractivity contribution is 0.0746. The molecule has 1 heterocycles. The largest absolute Gasteiger partial charge is 0.449 e. The van der Waals surface area contributed by atoms with E-state index >= 15 is 0 Å². The highest BCUT2D eigenvalue weighted by Crippen LogP contribution is 2.19. The lowest BCUT2D eigenvalue weighted by atomic mass is 10.1. The van der Waals surface area contributed by atoms with Crippen LogP contribution >= 0.6 is 0 Å². The van der Waals surface area contributed by atoms with Crippen molar-refractivity contribution in [2.45, 2.75) is 47.1 Å². The Morgan fingerprint density at radius 3 is 2.18 bits per heavy atom. The van der Waals surface area contributed by atoms with Gasteiger partial charge in [0.05, 0.1) is 6.61 Å². The number of rotatable bonds is 6. The number of ether oxygens (including phenoxy) is 1. The Kier molecular flexibility index (Phi) is 8.15. The van der Waals surface area contributed by atoms with Crippen LogP contribution in [0.5, 0.6) is 0 Å². The van der Waals surface area contributed by atoms with E-state index < -0.39 is 0 Å². The minimum absolute atomic E-state index is 0.0246. The Morgan fingerprint density at radius 2 is 1.61 bits per heavy atom. The van der Waals surface area contributed by atoms with Crippen LogP contribution in [-0.2, 0) is 4.74 Å². The summed E-state index contributed by atoms with van der Waals surface area (Å²) in [6.07, 6.45) is 0.484. The highest BCUT2D eigenvalue weighted by atomic mass is 16.6. The van der Waals surface area contributed by atoms with E-state index in [0.29, 0.717) is 50.3 Å². The Bertz CT molecular complexity index is 643. The molecule has 0 unspecified atom stereocenters. The SMILES string of the molecule is CCN(c1ccc(C(=O)N2CCCN(C(=O)OCC(C)C)CC2)cc1)C(C)C. The van der Waals surface area contributed by atoms with E-state index in [0.717, 1.165) is 18.7 Å². The van der Waals surface area contributed by atoms with E-state index in [-0.39, 0.29) is 12.0 Å². The van der Waals surface area contributed by atoms with Crippen molar-refractivity contribution in [3.63, 3.8) is 0 Å². The first-order valence-corrected chi connectivity index (χ1v) is 10.4. The van der Waals surface area contributed by atoms with Crippen molar-refractivity contribution in [1.82, 2.24) is 9.80 Å². The highest BCUT2D eigenvalue weighted by Gasteiger charge is 2.24. The standard InChI is InChI=1S/C22H35N3O3/c1-6-25(18(4)5)20-10-8-19(9-11-20)21(26)23-12-7-13-24(15-14-23)22(27)28-16-17(2)3/h8-11,17-18H,6-7,12-16H2,1-5H3. The second-order valence-corrected chi connectivity index (χ2v) is 8.03. The maximum absolute atomic E-state index is 12.9. The van der Waals surface area contributed by atoms with Crippen LogP contribution in [0, 0.1) is 5.92 Å². The molecule has 0 spiro atoms. The maximum atomic E-state index is 12.9. The predicted octanol–water partition coefficient (Wildman–Crippen LogP) is 3.86. The van der Waals surface area contributed by atoms with Gasteiger partial charge < -0.3 is 19.4 Å². The third kappa shape index (κ3) is 5.88. The summed E-state index contributed by atoms with van der Waals surface area (Å²) in [4.78, 5) is 30.9. The fourth-order valence-corrected chi connectivity index (χ4v) is 3.46. The summed E-state index contributed by atoms with van der Waals surface area (Å²) < 4.78 is 5.32. The van der Waals surface area contributed by atoms with E-state index in [4.69, 9.17) is 4.74 Å². The first-order valence-electron chi connectivity index (χ1n) is 10.4. The van der Waals surface area contributed by atoms with Crippen LogP contribution in [0.4, 0.5) is 10.5 Å². The van der Waals surface area contributed by atoms with Gasteiger partial charge in [-0.25, -0.2) is 4.79 Å². The Morgan fingerprint density at radius 1 is 1.00 bits per heavy atom. The molecule has 1 aliphatic heterocycles. The molecule has 0 N–H and O–H groups in total. The van der Waals surface area contributed by atoms with Crippen LogP contribution in [0.1, 0.15) is 51.4 Å². The van der Waals surface area contributed by atoms with Crippen molar-refractivity contribution in [3.05, 3.63) is 29.8 Å². The molecule has 0 saturated carbocycles. The molecule has 0 bridgehead atoms. The Hall–Kier alpha value is -2.24. The number of benzene rings is 1. The van der Waals surface area contributed by atoms with Gasteiger partial charge in [0.2, 0.25) is 0 Å². The highest BCUT2D eigenvalue weighted by molar-refractivity contribution is 5.94. The van der Waals surface area contributed by atoms with Crippen molar-refractivity contribution in [2.75, 3.05) is 44.2 Å². The van der Waals surface area contributed by atoms with E-state index in [1.807, 2.05) is 43.0 Å². The van der Waals surface area contributed by atoms with Crippen molar-refractivity contribution in [3.8, 4) is 0 Å². The monoisotopic (exact) mass is 389 g/mol. The van der Waals surface area contributed by atoms with Crippen LogP contribution in [0.2, 0.25) is 0 Å². The van der Waals surface area contributed by atoms with Gasteiger partial charge in [-0.15, -0.1) is 0 Å². The number of anilines is 1. The molecule has 156 valence electrons. The zero-order valence-electron chi connectivity index (χ0n) is 18.0. The Balaban J connectivity index is 1.96. The molecule has 1 aromatic rings. The smallest absolute Gasteiger partial charge is 0.409 e. The average molecular weight is 390 g/mol. The fourth-order valence-electron chi connectivity index (χ4n) is 3.46. The summed E-state index contributed by atoms with van der Waals surface area (Å²) in [7, 11) is 0. The van der Waals surface area contributed by atoms with Crippen LogP contribution in [0.15, 0.2) is 24.3 Å². The summed E-state index contributed by atoms with van der Waals surface area (Å²) in [6.45, 7) is 14.2. The van der Waals surface area contributed by atoms with Crippen LogP contribution in [-0.4, -0.2) is 67.2 Å². The molecule has 2 rings (SSSR count). The summed E-state index contributed by atoms with van der Waals surface area (Å²) in [5, 5.41) is 0. The minimum atomic E-state index is -0.277. The summed E-state index contributed by atoms with van der Waals surface area (Å²) in [6, 6.07) is 8.26. The lowest BCUT2D eigenvalue weighted by Gasteiger charge is -2.28. The first-order chi connectivity index (χ1) is 13.3. The topological polar surface area (TPSA) is 53.1 Å². The van der Waals surface area contributed by atoms with Gasteiger partial charge in [0, 0.05) is 50.0 Å². The minimum Gasteiger partial charge on any atom is -0.449 e. The molecular formula is C22H35N3O3. The number of carbonyl (C=O) groups excluding carboxylic acids is 2. The second-order valence-electron chi connectivity index (χ2n) is 8.03. The quantitative estimate of drug-likeness (QED) is 0.741. The third-order valence-corrected chi connectivity index (χ3v) is 4.99. The number of nitrogens with zero attached hydrogens (tertiary/aromatic N) is 3. The third-order valence-electron chi connectivity index (χ3n) is 4.99. The number of hydrogen-bond acceptors (Lipinski definition) is 4. The maximum Gasteiger partial charge on any atom is 0.409 e. The van der Waals surface area contributed by atoms with Gasteiger partial charge in [-0.05, 0) is 57.4 Å². The first kappa shape index (κ1) is 22.1. The lowest BCUT2D eigenvalue weighted by Crippen LogP contribution is -2.38. The molecule has 6 nitrogen and oxygen atoms in total. The van der Waals surface area contributed by atoms with E-state index in [9.17, 15) is 9.59 Å². The van der Waals surface area contributed by atoms with Crippen LogP contribution in [0.3, 0.4) is 0 Å². The van der Waals surface area contributed by atoms with Crippen LogP contribution in [0.25, 0.3) is 0 Å². The van der Waals surface area contributed by atoms with Crippen molar-refractivity contribution in [2.24, 2.45) is 5.92 Å². The van der Waals surface area contributed by atoms with Crippen molar-refractivity contribution < 1.29 is 14.3 Å². The molecular weight excluding hydrogens is 354 g/mol. The zero-order chi connectivity index (χ0) is 20.7. The summed E-state index contributed by atoms with van der Waals surface area (Å²) in [5.74, 6) is 0.341. The number of amides is 2. The zero-order valence-corrected chi connectivity index (χ0v) is 18.0. The molecule has 1 saturated heterocycles. The number of hydrogen-bond donors (Lipinski definition) is 0. The molecule has 0 atom stereocenters. The average Bonchev–Trinajstić information content (AvgIpc) is 2.92. The molecule has 0 aliphatic carbocycles. The van der Waals surface area contributed by atoms with E-state index in [1.54, 1.807) is 4.90 Å². The Labute approximate surface area is 169 Å².